The molecule has 4 N–H and O–H groups in total. The highest BCUT2D eigenvalue weighted by Crippen LogP contribution is 2.29. The number of ether oxygens (including phenoxy) is 2. The third-order valence-corrected chi connectivity index (χ3v) is 6.57. The molecule has 1 heterocycles. The first kappa shape index (κ1) is 26.2. The number of anilines is 1. The second-order valence-corrected chi connectivity index (χ2v) is 9.08. The van der Waals surface area contributed by atoms with Crippen LogP contribution in [-0.4, -0.2) is 44.0 Å². The predicted octanol–water partition coefficient (Wildman–Crippen LogP) is 3.94. The molecule has 0 atom stereocenters. The molecule has 8 nitrogen and oxygen atoms in total. The highest BCUT2D eigenvalue weighted by atomic mass is 16.5. The predicted molar refractivity (Wildman–Crippen MR) is 144 cm³/mol. The van der Waals surface area contributed by atoms with Crippen molar-refractivity contribution in [3.8, 4) is 11.5 Å². The van der Waals surface area contributed by atoms with Gasteiger partial charge in [-0.2, -0.15) is 0 Å². The molecule has 0 radical (unpaired) electrons. The van der Waals surface area contributed by atoms with Crippen molar-refractivity contribution in [2.75, 3.05) is 32.6 Å². The molecule has 1 saturated heterocycles. The summed E-state index contributed by atoms with van der Waals surface area (Å²) >= 11 is 0. The Hall–Kier alpha value is -3.88. The van der Waals surface area contributed by atoms with Crippen molar-refractivity contribution in [3.05, 3.63) is 88.5 Å². The minimum atomic E-state index is -0.291. The molecule has 0 aromatic heterocycles. The zero-order chi connectivity index (χ0) is 26.2. The molecule has 1 fully saturated rings. The van der Waals surface area contributed by atoms with E-state index in [1.54, 1.807) is 31.4 Å². The smallest absolute Gasteiger partial charge is 0.255 e. The molecule has 0 spiro atoms. The van der Waals surface area contributed by atoms with E-state index in [-0.39, 0.29) is 11.8 Å². The number of hydrogen-bond acceptors (Lipinski definition) is 6. The summed E-state index contributed by atoms with van der Waals surface area (Å²) < 4.78 is 10.6. The quantitative estimate of drug-likeness (QED) is 0.388. The number of benzene rings is 3. The van der Waals surface area contributed by atoms with Gasteiger partial charge in [-0.25, -0.2) is 0 Å². The highest BCUT2D eigenvalue weighted by Gasteiger charge is 2.18. The fourth-order valence-electron chi connectivity index (χ4n) is 4.40. The van der Waals surface area contributed by atoms with Gasteiger partial charge in [-0.15, -0.1) is 0 Å². The number of nitrogens with zero attached hydrogens (tertiary/aromatic N) is 1. The van der Waals surface area contributed by atoms with Gasteiger partial charge in [-0.05, 0) is 73.0 Å². The Morgan fingerprint density at radius 3 is 2.16 bits per heavy atom. The van der Waals surface area contributed by atoms with Crippen molar-refractivity contribution < 1.29 is 19.1 Å². The number of hydrogen-bond donors (Lipinski definition) is 3. The maximum Gasteiger partial charge on any atom is 0.255 e. The number of amides is 2. The molecular weight excluding hydrogens is 468 g/mol. The summed E-state index contributed by atoms with van der Waals surface area (Å²) in [5.74, 6) is 0.517. The first-order chi connectivity index (χ1) is 18.0. The van der Waals surface area contributed by atoms with Crippen molar-refractivity contribution >= 4 is 17.5 Å². The molecule has 2 amide bonds. The van der Waals surface area contributed by atoms with E-state index >= 15 is 0 Å². The van der Waals surface area contributed by atoms with Crippen LogP contribution >= 0.6 is 0 Å². The lowest BCUT2D eigenvalue weighted by Gasteiger charge is -2.19. The first-order valence-corrected chi connectivity index (χ1v) is 12.5. The Morgan fingerprint density at radius 2 is 1.49 bits per heavy atom. The maximum absolute atomic E-state index is 13.2. The van der Waals surface area contributed by atoms with Crippen LogP contribution in [0.5, 0.6) is 11.5 Å². The third kappa shape index (κ3) is 6.67. The molecule has 1 aliphatic heterocycles. The van der Waals surface area contributed by atoms with E-state index in [1.165, 1.54) is 20.0 Å². The molecular formula is C29H34N4O4. The van der Waals surface area contributed by atoms with Crippen molar-refractivity contribution in [2.24, 2.45) is 5.73 Å². The van der Waals surface area contributed by atoms with Crippen LogP contribution in [0, 0.1) is 0 Å². The average molecular weight is 503 g/mol. The second-order valence-electron chi connectivity index (χ2n) is 9.08. The molecule has 0 saturated carbocycles. The number of carbonyl (C=O) groups is 2. The lowest BCUT2D eigenvalue weighted by atomic mass is 10.1. The fourth-order valence-corrected chi connectivity index (χ4v) is 4.40. The molecule has 0 bridgehead atoms. The molecule has 3 aromatic carbocycles. The number of rotatable bonds is 10. The SMILES string of the molecule is COc1ccc(C(=O)Nc2cc(C(=O)NCc3ccc(CN)cc3)ccc2CN2CCCC2)cc1OC. The number of likely N-dealkylation sites (tertiary alicyclic amines) is 1. The van der Waals surface area contributed by atoms with E-state index in [0.29, 0.717) is 47.9 Å². The third-order valence-electron chi connectivity index (χ3n) is 6.57. The topological polar surface area (TPSA) is 106 Å². The van der Waals surface area contributed by atoms with Gasteiger partial charge >= 0.3 is 0 Å². The highest BCUT2D eigenvalue weighted by molar-refractivity contribution is 6.06. The number of nitrogens with two attached hydrogens (primary N) is 1. The largest absolute Gasteiger partial charge is 0.493 e. The molecule has 0 aliphatic carbocycles. The number of nitrogens with one attached hydrogen (secondary N) is 2. The summed E-state index contributed by atoms with van der Waals surface area (Å²) in [6.07, 6.45) is 2.33. The Bertz CT molecular complexity index is 1240. The van der Waals surface area contributed by atoms with E-state index in [4.69, 9.17) is 15.2 Å². The van der Waals surface area contributed by atoms with Crippen LogP contribution in [0.1, 0.15) is 50.2 Å². The van der Waals surface area contributed by atoms with Gasteiger partial charge in [0, 0.05) is 36.4 Å². The zero-order valence-electron chi connectivity index (χ0n) is 21.4. The van der Waals surface area contributed by atoms with Crippen molar-refractivity contribution in [1.29, 1.82) is 0 Å². The van der Waals surface area contributed by atoms with Crippen LogP contribution in [0.15, 0.2) is 60.7 Å². The molecule has 37 heavy (non-hydrogen) atoms. The molecule has 8 heteroatoms. The Balaban J connectivity index is 1.53. The summed E-state index contributed by atoms with van der Waals surface area (Å²) in [7, 11) is 3.08. The average Bonchev–Trinajstić information content (AvgIpc) is 3.45. The van der Waals surface area contributed by atoms with Gasteiger partial charge in [-0.3, -0.25) is 14.5 Å². The summed E-state index contributed by atoms with van der Waals surface area (Å²) in [5.41, 5.74) is 10.2. The molecule has 1 aliphatic rings. The molecule has 194 valence electrons. The van der Waals surface area contributed by atoms with Gasteiger partial charge in [0.25, 0.3) is 11.8 Å². The molecule has 4 rings (SSSR count). The van der Waals surface area contributed by atoms with Crippen LogP contribution in [-0.2, 0) is 19.6 Å². The van der Waals surface area contributed by atoms with Crippen LogP contribution in [0.25, 0.3) is 0 Å². The number of carbonyl (C=O) groups excluding carboxylic acids is 2. The normalized spacial score (nSPS) is 13.3. The van der Waals surface area contributed by atoms with E-state index in [9.17, 15) is 9.59 Å². The summed E-state index contributed by atoms with van der Waals surface area (Å²) in [5, 5.41) is 5.98. The van der Waals surface area contributed by atoms with Crippen LogP contribution in [0.3, 0.4) is 0 Å². The minimum Gasteiger partial charge on any atom is -0.493 e. The first-order valence-electron chi connectivity index (χ1n) is 12.5. The van der Waals surface area contributed by atoms with Crippen molar-refractivity contribution in [1.82, 2.24) is 10.2 Å². The Labute approximate surface area is 217 Å². The van der Waals surface area contributed by atoms with Crippen molar-refractivity contribution in [2.45, 2.75) is 32.5 Å². The Kier molecular flexibility index (Phi) is 8.77. The van der Waals surface area contributed by atoms with Crippen LogP contribution < -0.4 is 25.8 Å². The monoisotopic (exact) mass is 502 g/mol. The van der Waals surface area contributed by atoms with Gasteiger partial charge in [0.2, 0.25) is 0 Å². The van der Waals surface area contributed by atoms with E-state index < -0.39 is 0 Å². The van der Waals surface area contributed by atoms with Crippen LogP contribution in [0.2, 0.25) is 0 Å². The van der Waals surface area contributed by atoms with Crippen LogP contribution in [0.4, 0.5) is 5.69 Å². The lowest BCUT2D eigenvalue weighted by Crippen LogP contribution is -2.24. The minimum absolute atomic E-state index is 0.211. The second kappa shape index (κ2) is 12.4. The summed E-state index contributed by atoms with van der Waals surface area (Å²) in [6, 6.07) is 18.3. The van der Waals surface area contributed by atoms with Gasteiger partial charge in [0.15, 0.2) is 11.5 Å². The standard InChI is InChI=1S/C29H34N4O4/c1-36-26-12-11-23(16-27(26)37-2)29(35)32-25-15-22(9-10-24(25)19-33-13-3-4-14-33)28(34)31-18-21-7-5-20(17-30)6-8-21/h5-12,15-16H,3-4,13-14,17-19,30H2,1-2H3,(H,31,34)(H,32,35). The lowest BCUT2D eigenvalue weighted by molar-refractivity contribution is 0.0949. The molecule has 0 unspecified atom stereocenters. The van der Waals surface area contributed by atoms with Gasteiger partial charge in [-0.1, -0.05) is 30.3 Å². The maximum atomic E-state index is 13.2. The zero-order valence-corrected chi connectivity index (χ0v) is 21.4. The Morgan fingerprint density at radius 1 is 0.838 bits per heavy atom. The summed E-state index contributed by atoms with van der Waals surface area (Å²) in [6.45, 7) is 3.63. The van der Waals surface area contributed by atoms with E-state index in [2.05, 4.69) is 15.5 Å². The van der Waals surface area contributed by atoms with Crippen molar-refractivity contribution in [3.63, 3.8) is 0 Å². The van der Waals surface area contributed by atoms with E-state index in [1.807, 2.05) is 36.4 Å². The summed E-state index contributed by atoms with van der Waals surface area (Å²) in [4.78, 5) is 28.5. The van der Waals surface area contributed by atoms with Gasteiger partial charge in [0.1, 0.15) is 0 Å². The fraction of sp³-hybridized carbons (Fsp3) is 0.310. The number of methoxy groups -OCH3 is 2. The van der Waals surface area contributed by atoms with Gasteiger partial charge in [0.05, 0.1) is 14.2 Å². The van der Waals surface area contributed by atoms with Gasteiger partial charge < -0.3 is 25.8 Å². The molecule has 3 aromatic rings. The van der Waals surface area contributed by atoms with E-state index in [0.717, 1.165) is 29.8 Å².